The van der Waals surface area contributed by atoms with Crippen molar-refractivity contribution in [1.82, 2.24) is 14.7 Å². The van der Waals surface area contributed by atoms with Crippen molar-refractivity contribution in [2.75, 3.05) is 18.5 Å². The number of benzene rings is 2. The normalized spacial score (nSPS) is 11.6. The average molecular weight is 426 g/mol. The van der Waals surface area contributed by atoms with Gasteiger partial charge in [-0.1, -0.05) is 24.3 Å². The van der Waals surface area contributed by atoms with Crippen LogP contribution >= 0.6 is 0 Å². The van der Waals surface area contributed by atoms with E-state index in [-0.39, 0.29) is 23.8 Å². The lowest BCUT2D eigenvalue weighted by Crippen LogP contribution is -2.25. The van der Waals surface area contributed by atoms with Crippen LogP contribution in [0, 0.1) is 0 Å². The second kappa shape index (κ2) is 9.97. The molecule has 0 aliphatic rings. The molecule has 1 heterocycles. The van der Waals surface area contributed by atoms with E-state index in [4.69, 9.17) is 5.11 Å². The Balaban J connectivity index is 1.61. The summed E-state index contributed by atoms with van der Waals surface area (Å²) in [4.78, 5) is 8.63. The number of phenols is 1. The summed E-state index contributed by atoms with van der Waals surface area (Å²) < 4.78 is 26.7. The third kappa shape index (κ3) is 6.11. The SMILES string of the molecule is O=S(=O)(NCCCO)c1ccc(Nc2ncc(C=Cc3cccc(O)c3)cn2)cc1. The van der Waals surface area contributed by atoms with Crippen LogP contribution in [-0.4, -0.2) is 41.8 Å². The van der Waals surface area contributed by atoms with Crippen LogP contribution in [0.5, 0.6) is 5.75 Å². The molecule has 30 heavy (non-hydrogen) atoms. The van der Waals surface area contributed by atoms with Gasteiger partial charge in [-0.25, -0.2) is 23.1 Å². The highest BCUT2D eigenvalue weighted by atomic mass is 32.2. The molecule has 0 saturated heterocycles. The summed E-state index contributed by atoms with van der Waals surface area (Å²) in [5.41, 5.74) is 2.30. The molecule has 0 aliphatic carbocycles. The number of nitrogens with zero attached hydrogens (tertiary/aromatic N) is 2. The van der Waals surface area contributed by atoms with Crippen LogP contribution in [0.4, 0.5) is 11.6 Å². The number of phenolic OH excluding ortho intramolecular Hbond substituents is 1. The Kier molecular flexibility index (Phi) is 7.12. The van der Waals surface area contributed by atoms with Gasteiger partial charge in [0.05, 0.1) is 4.90 Å². The molecule has 156 valence electrons. The van der Waals surface area contributed by atoms with Gasteiger partial charge >= 0.3 is 0 Å². The Morgan fingerprint density at radius 3 is 2.33 bits per heavy atom. The van der Waals surface area contributed by atoms with Gasteiger partial charge in [0.15, 0.2) is 0 Å². The standard InChI is InChI=1S/C21H22N4O4S/c26-12-2-11-24-30(28,29)20-9-7-18(8-10-20)25-21-22-14-17(15-23-21)6-5-16-3-1-4-19(27)13-16/h1,3-10,13-15,24,26-27H,2,11-12H2,(H,22,23,25). The van der Waals surface area contributed by atoms with Gasteiger partial charge in [-0.05, 0) is 48.4 Å². The van der Waals surface area contributed by atoms with E-state index >= 15 is 0 Å². The van der Waals surface area contributed by atoms with Crippen molar-refractivity contribution in [2.45, 2.75) is 11.3 Å². The lowest BCUT2D eigenvalue weighted by Gasteiger charge is -2.08. The molecular formula is C21H22N4O4S. The zero-order chi connectivity index (χ0) is 21.4. The molecule has 0 unspecified atom stereocenters. The van der Waals surface area contributed by atoms with Crippen LogP contribution in [0.3, 0.4) is 0 Å². The smallest absolute Gasteiger partial charge is 0.240 e. The maximum absolute atomic E-state index is 12.1. The number of aromatic hydroxyl groups is 1. The van der Waals surface area contributed by atoms with E-state index in [9.17, 15) is 13.5 Å². The minimum Gasteiger partial charge on any atom is -0.508 e. The minimum absolute atomic E-state index is 0.0736. The molecule has 4 N–H and O–H groups in total. The number of hydrogen-bond acceptors (Lipinski definition) is 7. The molecule has 8 nitrogen and oxygen atoms in total. The van der Waals surface area contributed by atoms with E-state index in [0.29, 0.717) is 18.1 Å². The molecule has 0 radical (unpaired) electrons. The van der Waals surface area contributed by atoms with E-state index in [0.717, 1.165) is 11.1 Å². The van der Waals surface area contributed by atoms with Crippen LogP contribution in [0.15, 0.2) is 65.8 Å². The second-order valence-corrected chi connectivity index (χ2v) is 8.16. The summed E-state index contributed by atoms with van der Waals surface area (Å²) in [6.07, 6.45) is 7.34. The zero-order valence-electron chi connectivity index (χ0n) is 16.1. The van der Waals surface area contributed by atoms with Gasteiger partial charge in [-0.15, -0.1) is 0 Å². The molecule has 0 aliphatic heterocycles. The highest BCUT2D eigenvalue weighted by Gasteiger charge is 2.12. The average Bonchev–Trinajstić information content (AvgIpc) is 2.74. The largest absolute Gasteiger partial charge is 0.508 e. The summed E-state index contributed by atoms with van der Waals surface area (Å²) in [5, 5.41) is 21.3. The fourth-order valence-electron chi connectivity index (χ4n) is 2.52. The third-order valence-corrected chi connectivity index (χ3v) is 5.53. The molecule has 3 aromatic rings. The molecule has 0 saturated carbocycles. The van der Waals surface area contributed by atoms with E-state index in [1.807, 2.05) is 18.2 Å². The van der Waals surface area contributed by atoms with E-state index in [2.05, 4.69) is 20.0 Å². The van der Waals surface area contributed by atoms with Crippen LogP contribution < -0.4 is 10.0 Å². The quantitative estimate of drug-likeness (QED) is 0.388. The number of sulfonamides is 1. The predicted molar refractivity (Wildman–Crippen MR) is 116 cm³/mol. The summed E-state index contributed by atoms with van der Waals surface area (Å²) in [5.74, 6) is 0.578. The van der Waals surface area contributed by atoms with Crippen LogP contribution in [0.1, 0.15) is 17.5 Å². The van der Waals surface area contributed by atoms with Gasteiger partial charge in [0.2, 0.25) is 16.0 Å². The Morgan fingerprint density at radius 1 is 0.967 bits per heavy atom. The first-order valence-electron chi connectivity index (χ1n) is 9.23. The first-order chi connectivity index (χ1) is 14.5. The van der Waals surface area contributed by atoms with Gasteiger partial charge in [0.25, 0.3) is 0 Å². The molecule has 3 rings (SSSR count). The second-order valence-electron chi connectivity index (χ2n) is 6.39. The summed E-state index contributed by atoms with van der Waals surface area (Å²) in [7, 11) is -3.60. The van der Waals surface area contributed by atoms with E-state index < -0.39 is 10.0 Å². The maximum atomic E-state index is 12.1. The van der Waals surface area contributed by atoms with Gasteiger partial charge < -0.3 is 15.5 Å². The first kappa shape index (κ1) is 21.4. The lowest BCUT2D eigenvalue weighted by molar-refractivity contribution is 0.289. The van der Waals surface area contributed by atoms with Crippen LogP contribution in [0.25, 0.3) is 12.2 Å². The maximum Gasteiger partial charge on any atom is 0.240 e. The van der Waals surface area contributed by atoms with Crippen molar-refractivity contribution in [3.63, 3.8) is 0 Å². The number of rotatable bonds is 9. The lowest BCUT2D eigenvalue weighted by atomic mass is 10.2. The minimum atomic E-state index is -3.60. The molecule has 9 heteroatoms. The topological polar surface area (TPSA) is 124 Å². The van der Waals surface area contributed by atoms with Crippen LogP contribution in [0.2, 0.25) is 0 Å². The highest BCUT2D eigenvalue weighted by Crippen LogP contribution is 2.17. The number of hydrogen-bond donors (Lipinski definition) is 4. The Labute approximate surface area is 175 Å². The van der Waals surface area contributed by atoms with E-state index in [1.54, 1.807) is 42.7 Å². The molecule has 0 atom stereocenters. The van der Waals surface area contributed by atoms with Gasteiger partial charge in [-0.2, -0.15) is 0 Å². The van der Waals surface area contributed by atoms with Gasteiger partial charge in [0, 0.05) is 36.8 Å². The van der Waals surface area contributed by atoms with E-state index in [1.165, 1.54) is 12.1 Å². The van der Waals surface area contributed by atoms with Gasteiger partial charge in [-0.3, -0.25) is 0 Å². The first-order valence-corrected chi connectivity index (χ1v) is 10.7. The number of nitrogens with one attached hydrogen (secondary N) is 2. The van der Waals surface area contributed by atoms with Crippen molar-refractivity contribution in [1.29, 1.82) is 0 Å². The van der Waals surface area contributed by atoms with Crippen molar-refractivity contribution >= 4 is 33.8 Å². The Bertz CT molecular complexity index is 1100. The number of anilines is 2. The monoisotopic (exact) mass is 426 g/mol. The predicted octanol–water partition coefficient (Wildman–Crippen LogP) is 2.76. The highest BCUT2D eigenvalue weighted by molar-refractivity contribution is 7.89. The fourth-order valence-corrected chi connectivity index (χ4v) is 3.60. The van der Waals surface area contributed by atoms with Crippen molar-refractivity contribution in [3.05, 3.63) is 72.1 Å². The molecule has 0 bridgehead atoms. The molecule has 1 aromatic heterocycles. The molecule has 2 aromatic carbocycles. The van der Waals surface area contributed by atoms with Crippen LogP contribution in [-0.2, 0) is 10.0 Å². The summed E-state index contributed by atoms with van der Waals surface area (Å²) in [6, 6.07) is 13.1. The number of aromatic nitrogens is 2. The number of aliphatic hydroxyl groups excluding tert-OH is 1. The van der Waals surface area contributed by atoms with Crippen molar-refractivity contribution in [3.8, 4) is 5.75 Å². The molecule has 0 spiro atoms. The number of aliphatic hydroxyl groups is 1. The summed E-state index contributed by atoms with van der Waals surface area (Å²) in [6.45, 7) is 0.106. The Hall–Kier alpha value is -3.27. The summed E-state index contributed by atoms with van der Waals surface area (Å²) >= 11 is 0. The molecule has 0 amide bonds. The zero-order valence-corrected chi connectivity index (χ0v) is 16.9. The Morgan fingerprint density at radius 2 is 1.67 bits per heavy atom. The molecule has 0 fully saturated rings. The third-order valence-electron chi connectivity index (χ3n) is 4.06. The van der Waals surface area contributed by atoms with Crippen molar-refractivity contribution in [2.24, 2.45) is 0 Å². The van der Waals surface area contributed by atoms with Crippen molar-refractivity contribution < 1.29 is 18.6 Å². The fraction of sp³-hybridized carbons (Fsp3) is 0.143. The molecular weight excluding hydrogens is 404 g/mol. The van der Waals surface area contributed by atoms with Gasteiger partial charge in [0.1, 0.15) is 5.75 Å².